The van der Waals surface area contributed by atoms with Crippen molar-refractivity contribution in [3.05, 3.63) is 29.8 Å². The Labute approximate surface area is 83.4 Å². The van der Waals surface area contributed by atoms with E-state index in [9.17, 15) is 0 Å². The molecule has 0 spiro atoms. The molecular weight excluding hydrogens is 174 g/mol. The molecule has 0 fully saturated rings. The molecule has 0 saturated heterocycles. The predicted octanol–water partition coefficient (Wildman–Crippen LogP) is 1.67. The van der Waals surface area contributed by atoms with Gasteiger partial charge in [0, 0.05) is 25.3 Å². The summed E-state index contributed by atoms with van der Waals surface area (Å²) in [5, 5.41) is 3.37. The number of guanidine groups is 1. The molecule has 3 nitrogen and oxygen atoms in total. The van der Waals surface area contributed by atoms with E-state index in [-0.39, 0.29) is 0 Å². The number of rotatable bonds is 0. The zero-order chi connectivity index (χ0) is 9.38. The molecule has 0 bridgehead atoms. The van der Waals surface area contributed by atoms with Gasteiger partial charge in [0.25, 0.3) is 0 Å². The normalized spacial score (nSPS) is 19.1. The quantitative estimate of drug-likeness (QED) is 0.669. The first-order valence-corrected chi connectivity index (χ1v) is 5.08. The van der Waals surface area contributed by atoms with Crippen molar-refractivity contribution in [1.29, 1.82) is 0 Å². The number of nitrogens with one attached hydrogen (secondary N) is 1. The van der Waals surface area contributed by atoms with Gasteiger partial charge in [0.2, 0.25) is 0 Å². The average Bonchev–Trinajstić information content (AvgIpc) is 2.26. The van der Waals surface area contributed by atoms with Crippen molar-refractivity contribution >= 4 is 11.6 Å². The van der Waals surface area contributed by atoms with Gasteiger partial charge in [-0.3, -0.25) is 4.99 Å². The second-order valence-electron chi connectivity index (χ2n) is 3.76. The first-order chi connectivity index (χ1) is 6.93. The maximum Gasteiger partial charge on any atom is 0.198 e. The lowest BCUT2D eigenvalue weighted by atomic mass is 10.1. The Morgan fingerprint density at radius 1 is 1.29 bits per heavy atom. The van der Waals surface area contributed by atoms with Gasteiger partial charge >= 0.3 is 0 Å². The van der Waals surface area contributed by atoms with Gasteiger partial charge in [-0.2, -0.15) is 0 Å². The molecule has 14 heavy (non-hydrogen) atoms. The average molecular weight is 187 g/mol. The summed E-state index contributed by atoms with van der Waals surface area (Å²) in [7, 11) is 0. The van der Waals surface area contributed by atoms with Crippen LogP contribution in [0.1, 0.15) is 12.0 Å². The summed E-state index contributed by atoms with van der Waals surface area (Å²) in [6.45, 7) is 3.09. The van der Waals surface area contributed by atoms with Crippen LogP contribution in [0.25, 0.3) is 0 Å². The highest BCUT2D eigenvalue weighted by Gasteiger charge is 2.21. The van der Waals surface area contributed by atoms with Crippen LogP contribution in [0.2, 0.25) is 0 Å². The molecule has 2 heterocycles. The third-order valence-electron chi connectivity index (χ3n) is 2.77. The summed E-state index contributed by atoms with van der Waals surface area (Å²) in [5.74, 6) is 1.05. The lowest BCUT2D eigenvalue weighted by molar-refractivity contribution is 0.382. The molecule has 3 heteroatoms. The molecular formula is C11H13N3. The molecule has 0 amide bonds. The number of hydrogen-bond donors (Lipinski definition) is 1. The van der Waals surface area contributed by atoms with Gasteiger partial charge in [0.15, 0.2) is 5.96 Å². The number of benzene rings is 1. The minimum absolute atomic E-state index is 0.959. The van der Waals surface area contributed by atoms with Crippen LogP contribution in [0.5, 0.6) is 0 Å². The van der Waals surface area contributed by atoms with E-state index in [1.54, 1.807) is 0 Å². The Kier molecular flexibility index (Phi) is 1.69. The highest BCUT2D eigenvalue weighted by Crippen LogP contribution is 2.23. The Morgan fingerprint density at radius 2 is 2.21 bits per heavy atom. The van der Waals surface area contributed by atoms with E-state index in [4.69, 9.17) is 0 Å². The van der Waals surface area contributed by atoms with Crippen LogP contribution in [0.4, 0.5) is 5.69 Å². The van der Waals surface area contributed by atoms with Crippen LogP contribution in [0, 0.1) is 0 Å². The number of aliphatic imine (C=N–C) groups is 1. The maximum atomic E-state index is 4.48. The van der Waals surface area contributed by atoms with Gasteiger partial charge in [-0.05, 0) is 18.1 Å². The number of hydrogen-bond acceptors (Lipinski definition) is 3. The summed E-state index contributed by atoms with van der Waals surface area (Å²) >= 11 is 0. The second-order valence-corrected chi connectivity index (χ2v) is 3.76. The first kappa shape index (κ1) is 7.85. The van der Waals surface area contributed by atoms with Crippen LogP contribution in [-0.2, 0) is 6.54 Å². The summed E-state index contributed by atoms with van der Waals surface area (Å²) < 4.78 is 0. The molecule has 0 saturated carbocycles. The van der Waals surface area contributed by atoms with E-state index in [1.807, 2.05) is 0 Å². The minimum Gasteiger partial charge on any atom is -0.338 e. The van der Waals surface area contributed by atoms with Crippen molar-refractivity contribution in [2.24, 2.45) is 4.99 Å². The van der Waals surface area contributed by atoms with Crippen molar-refractivity contribution in [2.45, 2.75) is 13.0 Å². The number of nitrogens with zero attached hydrogens (tertiary/aromatic N) is 2. The van der Waals surface area contributed by atoms with Gasteiger partial charge < -0.3 is 10.2 Å². The minimum atomic E-state index is 0.959. The summed E-state index contributed by atoms with van der Waals surface area (Å²) in [6.07, 6.45) is 1.17. The highest BCUT2D eigenvalue weighted by atomic mass is 15.3. The smallest absolute Gasteiger partial charge is 0.198 e. The second kappa shape index (κ2) is 3.01. The highest BCUT2D eigenvalue weighted by molar-refractivity contribution is 5.96. The van der Waals surface area contributed by atoms with Crippen molar-refractivity contribution in [3.8, 4) is 0 Å². The van der Waals surface area contributed by atoms with Gasteiger partial charge in [-0.25, -0.2) is 0 Å². The Balaban J connectivity index is 2.00. The molecule has 1 aromatic carbocycles. The Morgan fingerprint density at radius 3 is 3.21 bits per heavy atom. The van der Waals surface area contributed by atoms with Crippen LogP contribution < -0.4 is 5.32 Å². The molecule has 0 atom stereocenters. The SMILES string of the molecule is c1ccc2c(c1)CN1CCCN=C1N2. The van der Waals surface area contributed by atoms with Crippen molar-refractivity contribution in [1.82, 2.24) is 4.90 Å². The fraction of sp³-hybridized carbons (Fsp3) is 0.364. The van der Waals surface area contributed by atoms with E-state index in [0.717, 1.165) is 25.6 Å². The molecule has 0 aromatic heterocycles. The van der Waals surface area contributed by atoms with E-state index < -0.39 is 0 Å². The number of anilines is 1. The molecule has 2 aliphatic heterocycles. The van der Waals surface area contributed by atoms with Crippen LogP contribution in [0.3, 0.4) is 0 Å². The fourth-order valence-corrected chi connectivity index (χ4v) is 2.03. The van der Waals surface area contributed by atoms with Gasteiger partial charge in [0.05, 0.1) is 0 Å². The topological polar surface area (TPSA) is 27.6 Å². The molecule has 1 aromatic rings. The molecule has 0 radical (unpaired) electrons. The fourth-order valence-electron chi connectivity index (χ4n) is 2.03. The lowest BCUT2D eigenvalue weighted by Crippen LogP contribution is -2.43. The number of fused-ring (bicyclic) bond motifs is 2. The zero-order valence-electron chi connectivity index (χ0n) is 8.03. The number of para-hydroxylation sites is 1. The van der Waals surface area contributed by atoms with Gasteiger partial charge in [-0.1, -0.05) is 18.2 Å². The first-order valence-electron chi connectivity index (χ1n) is 5.08. The molecule has 0 unspecified atom stereocenters. The van der Waals surface area contributed by atoms with Crippen LogP contribution in [-0.4, -0.2) is 23.9 Å². The van der Waals surface area contributed by atoms with Crippen molar-refractivity contribution in [3.63, 3.8) is 0 Å². The summed E-state index contributed by atoms with van der Waals surface area (Å²) in [4.78, 5) is 6.79. The lowest BCUT2D eigenvalue weighted by Gasteiger charge is -2.34. The molecule has 3 rings (SSSR count). The molecule has 0 aliphatic carbocycles. The summed E-state index contributed by atoms with van der Waals surface area (Å²) in [5.41, 5.74) is 2.58. The van der Waals surface area contributed by atoms with Crippen LogP contribution in [0.15, 0.2) is 29.3 Å². The summed E-state index contributed by atoms with van der Waals surface area (Å²) in [6, 6.07) is 8.44. The van der Waals surface area contributed by atoms with E-state index >= 15 is 0 Å². The largest absolute Gasteiger partial charge is 0.338 e. The Bertz CT molecular complexity index is 384. The van der Waals surface area contributed by atoms with E-state index in [0.29, 0.717) is 0 Å². The van der Waals surface area contributed by atoms with Gasteiger partial charge in [0.1, 0.15) is 0 Å². The molecule has 1 N–H and O–H groups in total. The maximum absolute atomic E-state index is 4.48. The standard InChI is InChI=1S/C11H13N3/c1-2-5-10-9(4-1)8-14-7-3-6-12-11(14)13-10/h1-2,4-5H,3,6-8H2,(H,12,13). The van der Waals surface area contributed by atoms with Crippen molar-refractivity contribution in [2.75, 3.05) is 18.4 Å². The van der Waals surface area contributed by atoms with E-state index in [1.165, 1.54) is 17.7 Å². The zero-order valence-corrected chi connectivity index (χ0v) is 8.03. The Hall–Kier alpha value is -1.51. The van der Waals surface area contributed by atoms with Crippen molar-refractivity contribution < 1.29 is 0 Å². The van der Waals surface area contributed by atoms with E-state index in [2.05, 4.69) is 39.5 Å². The third-order valence-corrected chi connectivity index (χ3v) is 2.77. The monoisotopic (exact) mass is 187 g/mol. The third kappa shape index (κ3) is 1.16. The van der Waals surface area contributed by atoms with Crippen LogP contribution >= 0.6 is 0 Å². The molecule has 2 aliphatic rings. The predicted molar refractivity (Wildman–Crippen MR) is 57.4 cm³/mol. The molecule has 72 valence electrons. The van der Waals surface area contributed by atoms with Gasteiger partial charge in [-0.15, -0.1) is 0 Å².